The minimum atomic E-state index is -0.911. The molecule has 1 atom stereocenters. The molecule has 140 valence electrons. The van der Waals surface area contributed by atoms with Crippen molar-refractivity contribution in [1.82, 2.24) is 4.90 Å². The first kappa shape index (κ1) is 18.6. The molecule has 0 aliphatic carbocycles. The van der Waals surface area contributed by atoms with Crippen molar-refractivity contribution in [2.45, 2.75) is 6.04 Å². The average molecular weight is 367 g/mol. The molecule has 0 N–H and O–H groups in total. The molecule has 3 amide bonds. The molecular weight excluding hydrogens is 346 g/mol. The first-order chi connectivity index (χ1) is 13.0. The number of benzene rings is 2. The lowest BCUT2D eigenvalue weighted by Gasteiger charge is -2.22. The van der Waals surface area contributed by atoms with Crippen molar-refractivity contribution in [2.24, 2.45) is 0 Å². The van der Waals surface area contributed by atoms with Gasteiger partial charge in [0.05, 0.1) is 12.2 Å². The Morgan fingerprint density at radius 1 is 0.963 bits per heavy atom. The predicted octanol–water partition coefficient (Wildman–Crippen LogP) is 2.13. The summed E-state index contributed by atoms with van der Waals surface area (Å²) in [6, 6.07) is 16.2. The molecule has 3 rings (SSSR count). The molecule has 1 saturated heterocycles. The fourth-order valence-electron chi connectivity index (χ4n) is 2.91. The SMILES string of the molecule is CN(C)CC(=O)OCC1C(=O)N(c2ccccc2)C(=O)N1c1ccccc1. The van der Waals surface area contributed by atoms with Crippen molar-refractivity contribution < 1.29 is 19.1 Å². The number of esters is 1. The monoisotopic (exact) mass is 367 g/mol. The lowest BCUT2D eigenvalue weighted by Crippen LogP contribution is -2.40. The van der Waals surface area contributed by atoms with Gasteiger partial charge >= 0.3 is 12.0 Å². The minimum Gasteiger partial charge on any atom is -0.462 e. The molecule has 7 nitrogen and oxygen atoms in total. The van der Waals surface area contributed by atoms with Gasteiger partial charge in [-0.05, 0) is 38.4 Å². The first-order valence-electron chi connectivity index (χ1n) is 8.56. The average Bonchev–Trinajstić information content (AvgIpc) is 2.90. The maximum atomic E-state index is 13.0. The van der Waals surface area contributed by atoms with Gasteiger partial charge in [-0.3, -0.25) is 19.4 Å². The molecule has 0 bridgehead atoms. The maximum absolute atomic E-state index is 13.0. The Kier molecular flexibility index (Phi) is 5.52. The van der Waals surface area contributed by atoms with Crippen LogP contribution in [-0.2, 0) is 14.3 Å². The number of rotatable bonds is 6. The molecule has 1 fully saturated rings. The number of carbonyl (C=O) groups excluding carboxylic acids is 3. The van der Waals surface area contributed by atoms with Gasteiger partial charge in [-0.1, -0.05) is 36.4 Å². The smallest absolute Gasteiger partial charge is 0.336 e. The van der Waals surface area contributed by atoms with Gasteiger partial charge in [0, 0.05) is 5.69 Å². The number of urea groups is 1. The number of hydrogen-bond donors (Lipinski definition) is 0. The number of nitrogens with zero attached hydrogens (tertiary/aromatic N) is 3. The summed E-state index contributed by atoms with van der Waals surface area (Å²) in [5.74, 6) is -0.876. The second-order valence-electron chi connectivity index (χ2n) is 6.43. The number of likely N-dealkylation sites (N-methyl/N-ethyl adjacent to an activating group) is 1. The van der Waals surface area contributed by atoms with Gasteiger partial charge in [-0.15, -0.1) is 0 Å². The van der Waals surface area contributed by atoms with Crippen LogP contribution in [0, 0.1) is 0 Å². The summed E-state index contributed by atoms with van der Waals surface area (Å²) >= 11 is 0. The molecule has 1 aliphatic rings. The quantitative estimate of drug-likeness (QED) is 0.578. The number of hydrogen-bond acceptors (Lipinski definition) is 5. The maximum Gasteiger partial charge on any atom is 0.336 e. The lowest BCUT2D eigenvalue weighted by atomic mass is 10.2. The second kappa shape index (κ2) is 8.01. The molecule has 2 aromatic rings. The molecule has 1 aliphatic heterocycles. The van der Waals surface area contributed by atoms with E-state index in [0.717, 1.165) is 4.90 Å². The van der Waals surface area contributed by atoms with E-state index in [1.807, 2.05) is 12.1 Å². The third-order valence-electron chi connectivity index (χ3n) is 4.11. The molecule has 7 heteroatoms. The standard InChI is InChI=1S/C20H21N3O4/c1-21(2)13-18(24)27-14-17-19(25)23(16-11-7-4-8-12-16)20(26)22(17)15-9-5-3-6-10-15/h3-12,17H,13-14H2,1-2H3. The van der Waals surface area contributed by atoms with Crippen LogP contribution in [0.3, 0.4) is 0 Å². The van der Waals surface area contributed by atoms with Gasteiger partial charge in [0.2, 0.25) is 0 Å². The highest BCUT2D eigenvalue weighted by molar-refractivity contribution is 6.28. The summed E-state index contributed by atoms with van der Waals surface area (Å²) in [6.45, 7) is -0.0991. The molecule has 0 aromatic heterocycles. The number of ether oxygens (including phenoxy) is 1. The van der Waals surface area contributed by atoms with Gasteiger partial charge in [0.25, 0.3) is 5.91 Å². The summed E-state index contributed by atoms with van der Waals surface area (Å²) in [4.78, 5) is 42.1. The largest absolute Gasteiger partial charge is 0.462 e. The Balaban J connectivity index is 1.89. The summed E-state index contributed by atoms with van der Waals surface area (Å²) in [5, 5.41) is 0. The Labute approximate surface area is 157 Å². The Hall–Kier alpha value is -3.19. The zero-order valence-electron chi connectivity index (χ0n) is 15.2. The van der Waals surface area contributed by atoms with E-state index in [-0.39, 0.29) is 13.2 Å². The van der Waals surface area contributed by atoms with Gasteiger partial charge in [0.15, 0.2) is 6.04 Å². The lowest BCUT2D eigenvalue weighted by molar-refractivity contribution is -0.145. The van der Waals surface area contributed by atoms with E-state index in [9.17, 15) is 14.4 Å². The summed E-state index contributed by atoms with van der Waals surface area (Å²) in [7, 11) is 3.50. The third kappa shape index (κ3) is 3.98. The zero-order chi connectivity index (χ0) is 19.4. The van der Waals surface area contributed by atoms with Crippen LogP contribution in [0.15, 0.2) is 60.7 Å². The van der Waals surface area contributed by atoms with Crippen LogP contribution in [0.4, 0.5) is 16.2 Å². The minimum absolute atomic E-state index is 0.0998. The molecule has 0 spiro atoms. The van der Waals surface area contributed by atoms with E-state index in [0.29, 0.717) is 11.4 Å². The Morgan fingerprint density at radius 2 is 1.52 bits per heavy atom. The van der Waals surface area contributed by atoms with E-state index in [4.69, 9.17) is 4.74 Å². The zero-order valence-corrected chi connectivity index (χ0v) is 15.2. The van der Waals surface area contributed by atoms with Gasteiger partial charge in [-0.25, -0.2) is 9.69 Å². The highest BCUT2D eigenvalue weighted by atomic mass is 16.5. The van der Waals surface area contributed by atoms with Crippen LogP contribution in [0.5, 0.6) is 0 Å². The summed E-state index contributed by atoms with van der Waals surface area (Å²) in [6.07, 6.45) is 0. The van der Waals surface area contributed by atoms with E-state index in [1.54, 1.807) is 67.5 Å². The Bertz CT molecular complexity index is 824. The fraction of sp³-hybridized carbons (Fsp3) is 0.250. The summed E-state index contributed by atoms with van der Waals surface area (Å²) < 4.78 is 5.27. The highest BCUT2D eigenvalue weighted by Crippen LogP contribution is 2.29. The van der Waals surface area contributed by atoms with Gasteiger partial charge in [0.1, 0.15) is 6.61 Å². The van der Waals surface area contributed by atoms with Crippen LogP contribution in [0.1, 0.15) is 0 Å². The van der Waals surface area contributed by atoms with Crippen molar-refractivity contribution in [3.05, 3.63) is 60.7 Å². The van der Waals surface area contributed by atoms with Crippen molar-refractivity contribution in [3.63, 3.8) is 0 Å². The van der Waals surface area contributed by atoms with Crippen LogP contribution in [-0.4, -0.2) is 56.1 Å². The molecular formula is C20H21N3O4. The number of carbonyl (C=O) groups is 3. The van der Waals surface area contributed by atoms with Crippen LogP contribution in [0.25, 0.3) is 0 Å². The van der Waals surface area contributed by atoms with Crippen molar-refractivity contribution >= 4 is 29.3 Å². The van der Waals surface area contributed by atoms with Crippen molar-refractivity contribution in [2.75, 3.05) is 37.0 Å². The number of anilines is 2. The Morgan fingerprint density at radius 3 is 2.07 bits per heavy atom. The molecule has 2 aromatic carbocycles. The first-order valence-corrected chi connectivity index (χ1v) is 8.56. The van der Waals surface area contributed by atoms with E-state index in [1.165, 1.54) is 4.90 Å². The van der Waals surface area contributed by atoms with E-state index >= 15 is 0 Å². The third-order valence-corrected chi connectivity index (χ3v) is 4.11. The van der Waals surface area contributed by atoms with E-state index in [2.05, 4.69) is 0 Å². The van der Waals surface area contributed by atoms with E-state index < -0.39 is 23.9 Å². The molecule has 1 unspecified atom stereocenters. The van der Waals surface area contributed by atoms with Gasteiger partial charge < -0.3 is 4.74 Å². The predicted molar refractivity (Wildman–Crippen MR) is 102 cm³/mol. The number of imide groups is 1. The van der Waals surface area contributed by atoms with Crippen LogP contribution < -0.4 is 9.80 Å². The molecule has 27 heavy (non-hydrogen) atoms. The van der Waals surface area contributed by atoms with Crippen LogP contribution >= 0.6 is 0 Å². The molecule has 0 saturated carbocycles. The number of amides is 3. The normalized spacial score (nSPS) is 16.9. The summed E-state index contributed by atoms with van der Waals surface area (Å²) in [5.41, 5.74) is 1.05. The molecule has 0 radical (unpaired) electrons. The molecule has 1 heterocycles. The van der Waals surface area contributed by atoms with Crippen molar-refractivity contribution in [1.29, 1.82) is 0 Å². The van der Waals surface area contributed by atoms with Crippen LogP contribution in [0.2, 0.25) is 0 Å². The highest BCUT2D eigenvalue weighted by Gasteiger charge is 2.47. The second-order valence-corrected chi connectivity index (χ2v) is 6.43. The number of para-hydroxylation sites is 2. The van der Waals surface area contributed by atoms with Crippen molar-refractivity contribution in [3.8, 4) is 0 Å². The van der Waals surface area contributed by atoms with Gasteiger partial charge in [-0.2, -0.15) is 0 Å². The fourth-order valence-corrected chi connectivity index (χ4v) is 2.91. The topological polar surface area (TPSA) is 70.2 Å².